The van der Waals surface area contributed by atoms with E-state index in [2.05, 4.69) is 34.9 Å². The number of benzene rings is 2. The van der Waals surface area contributed by atoms with Gasteiger partial charge in [0.1, 0.15) is 0 Å². The van der Waals surface area contributed by atoms with Crippen LogP contribution >= 0.6 is 0 Å². The summed E-state index contributed by atoms with van der Waals surface area (Å²) in [5.74, 6) is -0.129. The number of piperidine rings is 1. The number of nitrogens with one attached hydrogen (secondary N) is 2. The monoisotopic (exact) mass is 427 g/mol. The molecule has 0 aliphatic carbocycles. The maximum absolute atomic E-state index is 12.6. The summed E-state index contributed by atoms with van der Waals surface area (Å²) in [6, 6.07) is 14.8. The number of amides is 1. The Bertz CT molecular complexity index is 974. The molecule has 0 atom stereocenters. The van der Waals surface area contributed by atoms with Crippen LogP contribution in [0.2, 0.25) is 0 Å². The minimum atomic E-state index is -3.64. The fourth-order valence-electron chi connectivity index (χ4n) is 3.34. The molecule has 1 amide bonds. The lowest BCUT2D eigenvalue weighted by molar-refractivity contribution is 0.0914. The van der Waals surface area contributed by atoms with Crippen LogP contribution in [0.1, 0.15) is 37.0 Å². The molecule has 0 spiro atoms. The quantitative estimate of drug-likeness (QED) is 0.661. The van der Waals surface area contributed by atoms with Gasteiger partial charge in [0.15, 0.2) is 0 Å². The Hall–Kier alpha value is -2.64. The predicted octanol–water partition coefficient (Wildman–Crippen LogP) is 3.65. The van der Waals surface area contributed by atoms with Crippen LogP contribution < -0.4 is 10.0 Å². The summed E-state index contributed by atoms with van der Waals surface area (Å²) >= 11 is 0. The van der Waals surface area contributed by atoms with E-state index in [-0.39, 0.29) is 16.8 Å². The second-order valence-electron chi connectivity index (χ2n) is 7.83. The van der Waals surface area contributed by atoms with Gasteiger partial charge in [-0.05, 0) is 63.1 Å². The van der Waals surface area contributed by atoms with Gasteiger partial charge < -0.3 is 5.32 Å². The molecule has 0 bridgehead atoms. The third kappa shape index (κ3) is 6.18. The van der Waals surface area contributed by atoms with Gasteiger partial charge in [0.05, 0.1) is 4.90 Å². The first-order valence-corrected chi connectivity index (χ1v) is 11.7. The SMILES string of the molecule is CC(C)=CCN1CCC(NC(=O)c2ccc(NS(=O)(=O)c3ccccc3)cc2)CC1. The molecule has 7 heteroatoms. The highest BCUT2D eigenvalue weighted by atomic mass is 32.2. The van der Waals surface area contributed by atoms with Crippen LogP contribution in [-0.4, -0.2) is 44.9 Å². The maximum atomic E-state index is 12.6. The van der Waals surface area contributed by atoms with Crippen LogP contribution in [0.4, 0.5) is 5.69 Å². The molecule has 1 aliphatic heterocycles. The van der Waals surface area contributed by atoms with Crippen molar-refractivity contribution in [3.8, 4) is 0 Å². The number of anilines is 1. The van der Waals surface area contributed by atoms with Crippen molar-refractivity contribution < 1.29 is 13.2 Å². The zero-order chi connectivity index (χ0) is 21.6. The summed E-state index contributed by atoms with van der Waals surface area (Å²) in [5.41, 5.74) is 2.26. The van der Waals surface area contributed by atoms with Crippen molar-refractivity contribution >= 4 is 21.6 Å². The van der Waals surface area contributed by atoms with Gasteiger partial charge >= 0.3 is 0 Å². The van der Waals surface area contributed by atoms with Crippen LogP contribution in [-0.2, 0) is 10.0 Å². The lowest BCUT2D eigenvalue weighted by Gasteiger charge is -2.31. The van der Waals surface area contributed by atoms with E-state index in [4.69, 9.17) is 0 Å². The number of hydrogen-bond donors (Lipinski definition) is 2. The molecule has 0 radical (unpaired) electrons. The third-order valence-corrected chi connectivity index (χ3v) is 6.53. The van der Waals surface area contributed by atoms with E-state index < -0.39 is 10.0 Å². The largest absolute Gasteiger partial charge is 0.349 e. The lowest BCUT2D eigenvalue weighted by atomic mass is 10.0. The van der Waals surface area contributed by atoms with E-state index in [1.54, 1.807) is 42.5 Å². The van der Waals surface area contributed by atoms with Gasteiger partial charge in [-0.3, -0.25) is 14.4 Å². The Morgan fingerprint density at radius 2 is 1.67 bits per heavy atom. The molecule has 6 nitrogen and oxygen atoms in total. The molecule has 0 saturated carbocycles. The Kier molecular flexibility index (Phi) is 7.29. The molecule has 3 rings (SSSR count). The average molecular weight is 428 g/mol. The zero-order valence-electron chi connectivity index (χ0n) is 17.5. The summed E-state index contributed by atoms with van der Waals surface area (Å²) < 4.78 is 27.3. The summed E-state index contributed by atoms with van der Waals surface area (Å²) in [4.78, 5) is 15.1. The highest BCUT2D eigenvalue weighted by Crippen LogP contribution is 2.17. The van der Waals surface area contributed by atoms with E-state index in [9.17, 15) is 13.2 Å². The molecular weight excluding hydrogens is 398 g/mol. The summed E-state index contributed by atoms with van der Waals surface area (Å²) in [5, 5.41) is 3.09. The molecule has 0 unspecified atom stereocenters. The second-order valence-corrected chi connectivity index (χ2v) is 9.51. The predicted molar refractivity (Wildman–Crippen MR) is 120 cm³/mol. The maximum Gasteiger partial charge on any atom is 0.261 e. The Balaban J connectivity index is 1.53. The van der Waals surface area contributed by atoms with Crippen LogP contribution in [0.3, 0.4) is 0 Å². The number of hydrogen-bond acceptors (Lipinski definition) is 4. The number of sulfonamides is 1. The highest BCUT2D eigenvalue weighted by molar-refractivity contribution is 7.92. The van der Waals surface area contributed by atoms with Gasteiger partial charge in [-0.1, -0.05) is 29.8 Å². The van der Waals surface area contributed by atoms with E-state index in [1.165, 1.54) is 17.7 Å². The van der Waals surface area contributed by atoms with Crippen LogP contribution in [0.25, 0.3) is 0 Å². The third-order valence-electron chi connectivity index (χ3n) is 5.13. The van der Waals surface area contributed by atoms with E-state index in [0.717, 1.165) is 32.5 Å². The standard InChI is InChI=1S/C23H29N3O3S/c1-18(2)12-15-26-16-13-20(14-17-26)24-23(27)19-8-10-21(11-9-19)25-30(28,29)22-6-4-3-5-7-22/h3-12,20,25H,13-17H2,1-2H3,(H,24,27). The number of rotatable bonds is 7. The van der Waals surface area contributed by atoms with Crippen molar-refractivity contribution in [2.75, 3.05) is 24.4 Å². The molecule has 2 aromatic rings. The van der Waals surface area contributed by atoms with Gasteiger partial charge in [0, 0.05) is 36.9 Å². The van der Waals surface area contributed by atoms with Crippen molar-refractivity contribution in [3.05, 3.63) is 71.8 Å². The molecule has 1 fully saturated rings. The van der Waals surface area contributed by atoms with Crippen molar-refractivity contribution in [3.63, 3.8) is 0 Å². The molecule has 2 N–H and O–H groups in total. The number of nitrogens with zero attached hydrogens (tertiary/aromatic N) is 1. The number of carbonyl (C=O) groups excluding carboxylic acids is 1. The molecule has 1 aliphatic rings. The van der Waals surface area contributed by atoms with Crippen molar-refractivity contribution in [2.24, 2.45) is 0 Å². The fourth-order valence-corrected chi connectivity index (χ4v) is 4.42. The van der Waals surface area contributed by atoms with Crippen LogP contribution in [0, 0.1) is 0 Å². The highest BCUT2D eigenvalue weighted by Gasteiger charge is 2.21. The zero-order valence-corrected chi connectivity index (χ0v) is 18.3. The number of carbonyl (C=O) groups is 1. The molecule has 160 valence electrons. The minimum Gasteiger partial charge on any atom is -0.349 e. The molecule has 1 saturated heterocycles. The van der Waals surface area contributed by atoms with Crippen molar-refractivity contribution in [1.82, 2.24) is 10.2 Å². The first-order valence-electron chi connectivity index (χ1n) is 10.2. The van der Waals surface area contributed by atoms with E-state index >= 15 is 0 Å². The molecular formula is C23H29N3O3S. The van der Waals surface area contributed by atoms with E-state index in [0.29, 0.717) is 11.3 Å². The van der Waals surface area contributed by atoms with Gasteiger partial charge in [0.25, 0.3) is 15.9 Å². The average Bonchev–Trinajstić information content (AvgIpc) is 2.74. The molecule has 0 aromatic heterocycles. The lowest BCUT2D eigenvalue weighted by Crippen LogP contribution is -2.44. The van der Waals surface area contributed by atoms with Crippen LogP contribution in [0.15, 0.2) is 71.1 Å². The second kappa shape index (κ2) is 9.91. The van der Waals surface area contributed by atoms with Gasteiger partial charge in [-0.25, -0.2) is 8.42 Å². The van der Waals surface area contributed by atoms with Gasteiger partial charge in [0.2, 0.25) is 0 Å². The number of likely N-dealkylation sites (tertiary alicyclic amines) is 1. The normalized spacial score (nSPS) is 15.4. The fraction of sp³-hybridized carbons (Fsp3) is 0.348. The number of allylic oxidation sites excluding steroid dienone is 1. The first kappa shape index (κ1) is 22.1. The summed E-state index contributed by atoms with van der Waals surface area (Å²) in [7, 11) is -3.64. The summed E-state index contributed by atoms with van der Waals surface area (Å²) in [6.07, 6.45) is 4.08. The van der Waals surface area contributed by atoms with Gasteiger partial charge in [-0.2, -0.15) is 0 Å². The Labute approximate surface area is 179 Å². The minimum absolute atomic E-state index is 0.129. The van der Waals surface area contributed by atoms with Crippen molar-refractivity contribution in [1.29, 1.82) is 0 Å². The van der Waals surface area contributed by atoms with Crippen LogP contribution in [0.5, 0.6) is 0 Å². The smallest absolute Gasteiger partial charge is 0.261 e. The van der Waals surface area contributed by atoms with Gasteiger partial charge in [-0.15, -0.1) is 0 Å². The van der Waals surface area contributed by atoms with Crippen molar-refractivity contribution in [2.45, 2.75) is 37.6 Å². The van der Waals surface area contributed by atoms with E-state index in [1.807, 2.05) is 0 Å². The topological polar surface area (TPSA) is 78.5 Å². The molecule has 2 aromatic carbocycles. The molecule has 1 heterocycles. The Morgan fingerprint density at radius 1 is 1.03 bits per heavy atom. The molecule has 30 heavy (non-hydrogen) atoms. The Morgan fingerprint density at radius 3 is 2.27 bits per heavy atom. The summed E-state index contributed by atoms with van der Waals surface area (Å²) in [6.45, 7) is 7.10. The first-order chi connectivity index (χ1) is 14.3.